The number of rotatable bonds is 17. The average molecular weight is 2080 g/mol. The zero-order chi connectivity index (χ0) is 97.9. The van der Waals surface area contributed by atoms with Crippen LogP contribution in [0.25, 0.3) is 131 Å². The van der Waals surface area contributed by atoms with Crippen LogP contribution in [-0.4, -0.2) is 48.4 Å². The Morgan fingerprint density at radius 2 is 0.781 bits per heavy atom. The summed E-state index contributed by atoms with van der Waals surface area (Å²) in [6.07, 6.45) is 12.3. The van der Waals surface area contributed by atoms with Gasteiger partial charge in [0.1, 0.15) is 6.33 Å². The third-order valence-corrected chi connectivity index (χ3v) is 28.7. The maximum Gasteiger partial charge on any atom is 0.105 e. The molecule has 0 saturated carbocycles. The number of aryl methyl sites for hydroxylation is 1. The minimum Gasteiger partial charge on any atom is -0.393 e. The fraction of sp³-hybridized carbons (Fsp3) is 0.0667. The molecule has 0 bridgehead atoms. The van der Waals surface area contributed by atoms with Gasteiger partial charge in [0.05, 0.1) is 46.6 Å². The quantitative estimate of drug-likeness (QED) is 0.0682. The molecule has 20 aromatic carbocycles. The third kappa shape index (κ3) is 19.6. The third-order valence-electron chi connectivity index (χ3n) is 27.5. The van der Waals surface area contributed by atoms with Crippen molar-refractivity contribution in [2.75, 3.05) is 14.7 Å². The predicted molar refractivity (Wildman–Crippen MR) is 607 cm³/mol. The number of fused-ring (bicyclic) bond motifs is 15. The summed E-state index contributed by atoms with van der Waals surface area (Å²) in [7, 11) is 0. The van der Waals surface area contributed by atoms with Crippen LogP contribution < -0.4 is 14.7 Å². The van der Waals surface area contributed by atoms with E-state index in [4.69, 9.17) is 20.2 Å². The fourth-order valence-corrected chi connectivity index (χ4v) is 22.2. The summed E-state index contributed by atoms with van der Waals surface area (Å²) < 4.78 is 2.64. The Hall–Kier alpha value is -17.0. The number of aromatic nitrogens is 4. The zero-order valence-corrected chi connectivity index (χ0v) is 84.2. The first-order valence-corrected chi connectivity index (χ1v) is 50.3. The van der Waals surface area contributed by atoms with Crippen molar-refractivity contribution in [3.05, 3.63) is 568 Å². The molecule has 26 rings (SSSR count). The van der Waals surface area contributed by atoms with E-state index in [2.05, 4.69) is 516 Å². The fourth-order valence-electron chi connectivity index (χ4n) is 20.9. The van der Waals surface area contributed by atoms with Crippen molar-refractivity contribution >= 4 is 110 Å². The van der Waals surface area contributed by atoms with Crippen LogP contribution in [0, 0.1) is 13.0 Å². The van der Waals surface area contributed by atoms with Gasteiger partial charge >= 0.3 is 0 Å². The molecule has 2 N–H and O–H groups in total. The minimum absolute atomic E-state index is 0. The maximum atomic E-state index is 8.56. The van der Waals surface area contributed by atoms with Crippen molar-refractivity contribution < 1.29 is 30.3 Å². The van der Waals surface area contributed by atoms with Crippen molar-refractivity contribution in [2.24, 2.45) is 0 Å². The number of aliphatic hydroxyl groups is 2. The van der Waals surface area contributed by atoms with Gasteiger partial charge in [-0.15, -0.1) is 47.2 Å². The number of hydrogen-bond donors (Lipinski definition) is 2. The van der Waals surface area contributed by atoms with Crippen molar-refractivity contribution in [1.29, 1.82) is 0 Å². The number of aliphatic hydroxyl groups excluding tert-OH is 2. The Kier molecular flexibility index (Phi) is 28.3. The molecular formula is C135H104IrN7O2S-. The van der Waals surface area contributed by atoms with Crippen LogP contribution in [0.4, 0.5) is 45.5 Å². The minimum atomic E-state index is -0.401. The van der Waals surface area contributed by atoms with E-state index in [0.29, 0.717) is 18.4 Å². The molecule has 707 valence electrons. The molecule has 0 fully saturated rings. The molecule has 9 nitrogen and oxygen atoms in total. The number of thiophene rings is 1. The molecule has 4 heterocycles. The van der Waals surface area contributed by atoms with Gasteiger partial charge in [-0.1, -0.05) is 382 Å². The summed E-state index contributed by atoms with van der Waals surface area (Å²) in [5.41, 5.74) is 34.6. The zero-order valence-electron chi connectivity index (χ0n) is 81.0. The van der Waals surface area contributed by atoms with Gasteiger partial charge in [-0.25, -0.2) is 9.97 Å². The van der Waals surface area contributed by atoms with Crippen LogP contribution in [0.3, 0.4) is 0 Å². The molecule has 3 aliphatic rings. The number of anilines is 8. The molecule has 0 saturated heterocycles. The van der Waals surface area contributed by atoms with E-state index in [9.17, 15) is 0 Å². The van der Waals surface area contributed by atoms with E-state index < -0.39 is 5.41 Å². The van der Waals surface area contributed by atoms with E-state index in [-0.39, 0.29) is 32.3 Å². The topological polar surface area (TPSA) is 102 Å². The first kappa shape index (κ1) is 95.2. The standard InChI is InChI=1S/C43H31N.C42H32N2.C34H20N2S.C11H9N2.C5H12O2.Ir/c1-4-14-32(15-5-1)33-24-28-37(29-25-33)44(36-18-8-3-9-19-36)38-30-26-35(27-31-38)43(34-16-6-2-7-17-34)41-22-12-10-20-39(41)40-21-11-13-23-42(40)43;1-4-12-31(13-5-1)32-20-25-37(26-21-32)43(35-14-6-2-7-15-35)38-27-22-33(23-28-38)34-24-29-42-40(30-34)39-18-10-11-19-41(39)44(42)36-16-8-3-9-17-36;1-3-14-27-24(11-1)25-12-2-4-15-28(25)33-32(27)35-20-30(36-33)22-10-7-9-21(19-22)23-16-8-17-29-26-13-5-6-18-31(26)37-34(23)29;1-9-7-11(13-8-12-9)10-5-3-2-4-6-10;1-4(6)3-5(2)7;/h1-31H;1-30,39,41H;1-20H;2-5,7-8H,1H3;4-7H,3H2,1-2H3;/q;;;-1;;. The molecule has 4 atom stereocenters. The monoisotopic (exact) mass is 2080 g/mol. The van der Waals surface area contributed by atoms with Crippen molar-refractivity contribution in [3.63, 3.8) is 0 Å². The SMILES string of the molecule is C1=CC2c3cc(-c4ccc(N(c5ccccc5)c5ccc(-c6ccccc6)cc5)cc4)ccc3N(c3ccccc3)C2C=C1.CC(O)CC(C)O.Cc1cc(-c2[c-]cccc2)ncn1.[Ir].c1cc(-c2cnc3c4ccccc4c4ccccc4c3n2)cc(-c2cccc3c2sc2ccccc23)c1.c1ccc(-c2ccc(N(c3ccccc3)c3ccc(C4(c5ccccc5)c5ccccc5-c5ccccc54)cc3)cc2)cc1. The van der Waals surface area contributed by atoms with Gasteiger partial charge in [-0.3, -0.25) is 9.97 Å². The van der Waals surface area contributed by atoms with Gasteiger partial charge in [-0.05, 0) is 236 Å². The molecule has 23 aromatic rings. The molecule has 1 aliphatic heterocycles. The number of allylic oxidation sites excluding steroid dienone is 2. The van der Waals surface area contributed by atoms with Crippen LogP contribution in [0.2, 0.25) is 0 Å². The molecule has 2 aliphatic carbocycles. The second kappa shape index (κ2) is 43.4. The van der Waals surface area contributed by atoms with Crippen LogP contribution in [0.1, 0.15) is 59.7 Å². The Balaban J connectivity index is 0.000000117. The predicted octanol–water partition coefficient (Wildman–Crippen LogP) is 34.4. The second-order valence-electron chi connectivity index (χ2n) is 36.9. The van der Waals surface area contributed by atoms with Crippen molar-refractivity contribution in [3.8, 4) is 78.1 Å². The second-order valence-corrected chi connectivity index (χ2v) is 37.9. The summed E-state index contributed by atoms with van der Waals surface area (Å²) in [4.78, 5) is 25.5. The molecule has 1 radical (unpaired) electrons. The first-order valence-electron chi connectivity index (χ1n) is 49.5. The Bertz CT molecular complexity index is 8450. The smallest absolute Gasteiger partial charge is 0.105 e. The normalized spacial score (nSPS) is 13.6. The molecule has 146 heavy (non-hydrogen) atoms. The van der Waals surface area contributed by atoms with E-state index >= 15 is 0 Å². The molecule has 0 spiro atoms. The summed E-state index contributed by atoms with van der Waals surface area (Å²) in [5, 5.41) is 24.5. The number of para-hydroxylation sites is 3. The molecular weight excluding hydrogens is 1980 g/mol. The van der Waals surface area contributed by atoms with Gasteiger partial charge in [0.25, 0.3) is 0 Å². The largest absolute Gasteiger partial charge is 0.393 e. The summed E-state index contributed by atoms with van der Waals surface area (Å²) in [5.74, 6) is 0.335. The van der Waals surface area contributed by atoms with Crippen LogP contribution in [0.15, 0.2) is 528 Å². The van der Waals surface area contributed by atoms with E-state index in [0.717, 1.165) is 84.1 Å². The molecule has 3 aromatic heterocycles. The van der Waals surface area contributed by atoms with Gasteiger partial charge in [0.2, 0.25) is 0 Å². The van der Waals surface area contributed by atoms with E-state index in [1.165, 1.54) is 126 Å². The summed E-state index contributed by atoms with van der Waals surface area (Å²) in [6, 6.07) is 179. The van der Waals surface area contributed by atoms with Crippen LogP contribution in [0.5, 0.6) is 0 Å². The maximum absolute atomic E-state index is 8.56. The van der Waals surface area contributed by atoms with Crippen molar-refractivity contribution in [1.82, 2.24) is 19.9 Å². The summed E-state index contributed by atoms with van der Waals surface area (Å²) >= 11 is 1.86. The Morgan fingerprint density at radius 3 is 1.34 bits per heavy atom. The Labute approximate surface area is 870 Å². The van der Waals surface area contributed by atoms with E-state index in [1.54, 1.807) is 20.2 Å². The molecule has 4 unspecified atom stereocenters. The van der Waals surface area contributed by atoms with Gasteiger partial charge < -0.3 is 24.9 Å². The molecule has 0 amide bonds. The average Bonchev–Trinajstić information content (AvgIpc) is 1.53. The van der Waals surface area contributed by atoms with Crippen LogP contribution in [-0.2, 0) is 25.5 Å². The number of nitrogens with zero attached hydrogens (tertiary/aromatic N) is 7. The number of hydrogen-bond acceptors (Lipinski definition) is 10. The molecule has 11 heteroatoms. The summed E-state index contributed by atoms with van der Waals surface area (Å²) in [6.45, 7) is 5.27. The number of benzene rings is 20. The first-order chi connectivity index (χ1) is 71.5. The van der Waals surface area contributed by atoms with E-state index in [1.807, 2.05) is 54.8 Å². The Morgan fingerprint density at radius 1 is 0.349 bits per heavy atom. The van der Waals surface area contributed by atoms with Gasteiger partial charge in [-0.2, -0.15) is 0 Å². The van der Waals surface area contributed by atoms with Crippen molar-refractivity contribution in [2.45, 2.75) is 56.8 Å². The van der Waals surface area contributed by atoms with Gasteiger partial charge in [0, 0.05) is 114 Å². The van der Waals surface area contributed by atoms with Gasteiger partial charge in [0.15, 0.2) is 0 Å². The van der Waals surface area contributed by atoms with Crippen LogP contribution >= 0.6 is 11.3 Å².